The predicted molar refractivity (Wildman–Crippen MR) is 83.9 cm³/mol. The number of hydrogen-bond acceptors (Lipinski definition) is 3. The Kier molecular flexibility index (Phi) is 5.79. The van der Waals surface area contributed by atoms with Gasteiger partial charge < -0.3 is 14.8 Å². The molecule has 2 rings (SSSR count). The van der Waals surface area contributed by atoms with E-state index in [1.54, 1.807) is 6.33 Å². The zero-order chi connectivity index (χ0) is 15.2. The van der Waals surface area contributed by atoms with Gasteiger partial charge in [-0.15, -0.1) is 0 Å². The molecule has 2 heterocycles. The number of likely N-dealkylation sites (tertiary alicyclic amines) is 1. The number of nitrogens with zero attached hydrogens (tertiary/aromatic N) is 3. The van der Waals surface area contributed by atoms with Crippen LogP contribution < -0.4 is 5.32 Å². The van der Waals surface area contributed by atoms with Crippen LogP contribution in [0.3, 0.4) is 0 Å². The van der Waals surface area contributed by atoms with Crippen molar-refractivity contribution in [2.75, 3.05) is 19.6 Å². The third-order valence-electron chi connectivity index (χ3n) is 4.05. The highest BCUT2D eigenvalue weighted by molar-refractivity contribution is 5.80. The van der Waals surface area contributed by atoms with Crippen molar-refractivity contribution in [2.24, 2.45) is 5.92 Å². The first-order chi connectivity index (χ1) is 10.1. The Labute approximate surface area is 127 Å². The molecule has 0 bridgehead atoms. The van der Waals surface area contributed by atoms with Crippen LogP contribution in [0.1, 0.15) is 51.8 Å². The van der Waals surface area contributed by atoms with E-state index in [1.807, 2.05) is 22.6 Å². The highest BCUT2D eigenvalue weighted by Gasteiger charge is 2.24. The van der Waals surface area contributed by atoms with E-state index >= 15 is 0 Å². The summed E-state index contributed by atoms with van der Waals surface area (Å²) in [6.45, 7) is 9.89. The second-order valence-corrected chi connectivity index (χ2v) is 6.38. The average molecular weight is 292 g/mol. The molecule has 1 amide bonds. The molecule has 1 unspecified atom stereocenters. The number of carbonyl (C=O) groups excluding carboxylic acids is 1. The summed E-state index contributed by atoms with van der Waals surface area (Å²) >= 11 is 0. The minimum absolute atomic E-state index is 0.165. The molecule has 1 saturated heterocycles. The first-order valence-electron chi connectivity index (χ1n) is 8.09. The Hall–Kier alpha value is -1.36. The Balaban J connectivity index is 1.96. The van der Waals surface area contributed by atoms with E-state index in [0.717, 1.165) is 44.7 Å². The lowest BCUT2D eigenvalue weighted by Crippen LogP contribution is -2.40. The van der Waals surface area contributed by atoms with Crippen molar-refractivity contribution in [3.05, 3.63) is 18.2 Å². The fourth-order valence-electron chi connectivity index (χ4n) is 2.80. The van der Waals surface area contributed by atoms with Crippen molar-refractivity contribution >= 4 is 5.91 Å². The second-order valence-electron chi connectivity index (χ2n) is 6.38. The lowest BCUT2D eigenvalue weighted by molar-refractivity contribution is -0.135. The van der Waals surface area contributed by atoms with Crippen LogP contribution >= 0.6 is 0 Å². The molecule has 0 aromatic carbocycles. The van der Waals surface area contributed by atoms with Crippen molar-refractivity contribution < 1.29 is 4.79 Å². The highest BCUT2D eigenvalue weighted by atomic mass is 16.2. The van der Waals surface area contributed by atoms with Gasteiger partial charge in [-0.2, -0.15) is 0 Å². The van der Waals surface area contributed by atoms with Crippen LogP contribution in [0, 0.1) is 5.92 Å². The summed E-state index contributed by atoms with van der Waals surface area (Å²) in [6, 6.07) is -0.165. The molecule has 1 atom stereocenters. The molecule has 0 saturated carbocycles. The highest BCUT2D eigenvalue weighted by Crippen LogP contribution is 2.17. The average Bonchev–Trinajstić information content (AvgIpc) is 2.94. The van der Waals surface area contributed by atoms with Crippen LogP contribution in [0.15, 0.2) is 12.5 Å². The molecule has 0 radical (unpaired) electrons. The van der Waals surface area contributed by atoms with Gasteiger partial charge in [0.15, 0.2) is 0 Å². The number of hydrogen-bond donors (Lipinski definition) is 1. The zero-order valence-electron chi connectivity index (χ0n) is 13.5. The maximum atomic E-state index is 12.6. The van der Waals surface area contributed by atoms with Crippen LogP contribution in [0.5, 0.6) is 0 Å². The minimum atomic E-state index is -0.165. The fourth-order valence-corrected chi connectivity index (χ4v) is 2.80. The molecule has 1 aliphatic rings. The van der Waals surface area contributed by atoms with Gasteiger partial charge in [0.1, 0.15) is 6.04 Å². The van der Waals surface area contributed by atoms with E-state index < -0.39 is 0 Å². The Bertz CT molecular complexity index is 449. The fraction of sp³-hybridized carbons (Fsp3) is 0.750. The number of nitrogens with one attached hydrogen (secondary N) is 1. The molecule has 0 aliphatic carbocycles. The topological polar surface area (TPSA) is 50.2 Å². The van der Waals surface area contributed by atoms with E-state index in [0.29, 0.717) is 5.92 Å². The maximum Gasteiger partial charge on any atom is 0.245 e. The molecule has 118 valence electrons. The molecule has 1 aromatic rings. The van der Waals surface area contributed by atoms with E-state index in [2.05, 4.69) is 24.1 Å². The van der Waals surface area contributed by atoms with Crippen LogP contribution in [0.2, 0.25) is 0 Å². The Morgan fingerprint density at radius 3 is 2.67 bits per heavy atom. The summed E-state index contributed by atoms with van der Waals surface area (Å²) in [5, 5.41) is 3.42. The summed E-state index contributed by atoms with van der Waals surface area (Å²) in [7, 11) is 0. The van der Waals surface area contributed by atoms with Gasteiger partial charge in [0, 0.05) is 25.8 Å². The molecule has 21 heavy (non-hydrogen) atoms. The molecule has 5 heteroatoms. The molecular formula is C16H28N4O. The zero-order valence-corrected chi connectivity index (χ0v) is 13.5. The quantitative estimate of drug-likeness (QED) is 0.874. The number of rotatable bonds is 6. The van der Waals surface area contributed by atoms with Gasteiger partial charge in [0.2, 0.25) is 5.91 Å². The van der Waals surface area contributed by atoms with Crippen molar-refractivity contribution in [1.82, 2.24) is 19.8 Å². The first-order valence-corrected chi connectivity index (χ1v) is 8.09. The largest absolute Gasteiger partial charge is 0.341 e. The molecule has 1 aromatic heterocycles. The predicted octanol–water partition coefficient (Wildman–Crippen LogP) is 2.20. The second kappa shape index (κ2) is 7.59. The van der Waals surface area contributed by atoms with Gasteiger partial charge in [-0.05, 0) is 38.6 Å². The van der Waals surface area contributed by atoms with E-state index in [9.17, 15) is 4.79 Å². The summed E-state index contributed by atoms with van der Waals surface area (Å²) in [5.41, 5.74) is 1.08. The number of aromatic nitrogens is 2. The summed E-state index contributed by atoms with van der Waals surface area (Å²) < 4.78 is 2.00. The SMILES string of the molecule is CC(C)CNCc1cncn1C(C)C(=O)N1CCCCC1. The van der Waals surface area contributed by atoms with Crippen molar-refractivity contribution in [3.8, 4) is 0 Å². The van der Waals surface area contributed by atoms with E-state index in [-0.39, 0.29) is 11.9 Å². The number of amides is 1. The van der Waals surface area contributed by atoms with Crippen molar-refractivity contribution in [2.45, 2.75) is 52.6 Å². The minimum Gasteiger partial charge on any atom is -0.341 e. The normalized spacial score (nSPS) is 17.2. The molecular weight excluding hydrogens is 264 g/mol. The van der Waals surface area contributed by atoms with Gasteiger partial charge in [0.05, 0.1) is 12.0 Å². The van der Waals surface area contributed by atoms with Gasteiger partial charge in [-0.1, -0.05) is 13.8 Å². The number of carbonyl (C=O) groups is 1. The van der Waals surface area contributed by atoms with Crippen molar-refractivity contribution in [3.63, 3.8) is 0 Å². The summed E-state index contributed by atoms with van der Waals surface area (Å²) in [6.07, 6.45) is 7.14. The van der Waals surface area contributed by atoms with E-state index in [1.165, 1.54) is 6.42 Å². The van der Waals surface area contributed by atoms with Crippen LogP contribution in [0.4, 0.5) is 0 Å². The van der Waals surface area contributed by atoms with Crippen LogP contribution in [0.25, 0.3) is 0 Å². The third-order valence-corrected chi connectivity index (χ3v) is 4.05. The lowest BCUT2D eigenvalue weighted by Gasteiger charge is -2.30. The maximum absolute atomic E-state index is 12.6. The molecule has 5 nitrogen and oxygen atoms in total. The molecule has 1 N–H and O–H groups in total. The van der Waals surface area contributed by atoms with E-state index in [4.69, 9.17) is 0 Å². The third kappa shape index (κ3) is 4.30. The smallest absolute Gasteiger partial charge is 0.245 e. The number of imidazole rings is 1. The molecule has 0 spiro atoms. The van der Waals surface area contributed by atoms with Gasteiger partial charge >= 0.3 is 0 Å². The summed E-state index contributed by atoms with van der Waals surface area (Å²) in [4.78, 5) is 18.8. The number of piperidine rings is 1. The molecule has 1 aliphatic heterocycles. The van der Waals surface area contributed by atoms with Gasteiger partial charge in [-0.3, -0.25) is 4.79 Å². The van der Waals surface area contributed by atoms with Crippen molar-refractivity contribution in [1.29, 1.82) is 0 Å². The lowest BCUT2D eigenvalue weighted by atomic mass is 10.1. The standard InChI is InChI=1S/C16H28N4O/c1-13(2)9-17-10-15-11-18-12-20(15)14(3)16(21)19-7-5-4-6-8-19/h11-14,17H,4-10H2,1-3H3. The van der Waals surface area contributed by atoms with Crippen LogP contribution in [-0.4, -0.2) is 40.0 Å². The first kappa shape index (κ1) is 16.0. The monoisotopic (exact) mass is 292 g/mol. The van der Waals surface area contributed by atoms with Crippen LogP contribution in [-0.2, 0) is 11.3 Å². The Morgan fingerprint density at radius 2 is 2.00 bits per heavy atom. The Morgan fingerprint density at radius 1 is 1.29 bits per heavy atom. The summed E-state index contributed by atoms with van der Waals surface area (Å²) in [5.74, 6) is 0.839. The van der Waals surface area contributed by atoms with Gasteiger partial charge in [-0.25, -0.2) is 4.98 Å². The molecule has 1 fully saturated rings. The van der Waals surface area contributed by atoms with Gasteiger partial charge in [0.25, 0.3) is 0 Å².